The van der Waals surface area contributed by atoms with Crippen molar-refractivity contribution in [3.63, 3.8) is 0 Å². The van der Waals surface area contributed by atoms with Crippen LogP contribution in [0.4, 0.5) is 4.79 Å². The van der Waals surface area contributed by atoms with E-state index in [-0.39, 0.29) is 11.6 Å². The third kappa shape index (κ3) is 2.47. The maximum Gasteiger partial charge on any atom is 0.408 e. The number of alkyl carbamates (subject to hydrolysis) is 1. The first kappa shape index (κ1) is 14.6. The van der Waals surface area contributed by atoms with Gasteiger partial charge in [0.25, 0.3) is 5.56 Å². The monoisotopic (exact) mass is 300 g/mol. The van der Waals surface area contributed by atoms with Crippen LogP contribution in [0, 0.1) is 6.92 Å². The highest BCUT2D eigenvalue weighted by molar-refractivity contribution is 5.86. The molecule has 3 rings (SSSR count). The Labute approximate surface area is 128 Å². The molecule has 0 saturated carbocycles. The number of ether oxygens (including phenoxy) is 1. The molecule has 0 bridgehead atoms. The van der Waals surface area contributed by atoms with Crippen molar-refractivity contribution in [1.29, 1.82) is 0 Å². The lowest BCUT2D eigenvalue weighted by molar-refractivity contribution is 0.0501. The van der Waals surface area contributed by atoms with Crippen LogP contribution in [0.3, 0.4) is 0 Å². The van der Waals surface area contributed by atoms with Gasteiger partial charge in [0.1, 0.15) is 5.60 Å². The molecule has 1 aliphatic heterocycles. The first-order chi connectivity index (χ1) is 10.3. The van der Waals surface area contributed by atoms with Gasteiger partial charge < -0.3 is 14.6 Å². The number of nitrogens with one attached hydrogen (secondary N) is 1. The number of pyridine rings is 1. The van der Waals surface area contributed by atoms with E-state index in [1.54, 1.807) is 10.6 Å². The second-order valence-electron chi connectivity index (χ2n) is 6.71. The number of rotatable bonds is 1. The standard InChI is InChI=1S/C17H20N2O3/c1-10-5-6-11-7-8-13(20)19-9-12(14(10)15(11)19)18-16(21)22-17(2,3)4/h5-8,12H,9H2,1-4H3,(H,18,21). The topological polar surface area (TPSA) is 60.3 Å². The number of carbonyl (C=O) groups excluding carboxylic acids is 1. The van der Waals surface area contributed by atoms with Crippen molar-refractivity contribution in [3.8, 4) is 0 Å². The van der Waals surface area contributed by atoms with E-state index in [4.69, 9.17) is 4.74 Å². The molecule has 22 heavy (non-hydrogen) atoms. The maximum atomic E-state index is 12.1. The van der Waals surface area contributed by atoms with Crippen LogP contribution in [-0.2, 0) is 11.3 Å². The van der Waals surface area contributed by atoms with Crippen LogP contribution in [0.2, 0.25) is 0 Å². The fraction of sp³-hybridized carbons (Fsp3) is 0.412. The molecule has 0 aliphatic carbocycles. The third-order valence-corrected chi connectivity index (χ3v) is 3.81. The van der Waals surface area contributed by atoms with E-state index in [2.05, 4.69) is 5.32 Å². The number of aromatic nitrogens is 1. The van der Waals surface area contributed by atoms with E-state index >= 15 is 0 Å². The zero-order valence-electron chi connectivity index (χ0n) is 13.3. The largest absolute Gasteiger partial charge is 0.444 e. The van der Waals surface area contributed by atoms with Gasteiger partial charge in [-0.25, -0.2) is 4.79 Å². The fourth-order valence-electron chi connectivity index (χ4n) is 2.99. The number of amides is 1. The number of benzene rings is 1. The lowest BCUT2D eigenvalue weighted by Gasteiger charge is -2.22. The zero-order valence-corrected chi connectivity index (χ0v) is 13.3. The molecule has 1 unspecified atom stereocenters. The highest BCUT2D eigenvalue weighted by atomic mass is 16.6. The summed E-state index contributed by atoms with van der Waals surface area (Å²) >= 11 is 0. The van der Waals surface area contributed by atoms with Crippen molar-refractivity contribution in [2.24, 2.45) is 0 Å². The summed E-state index contributed by atoms with van der Waals surface area (Å²) in [6.45, 7) is 7.91. The number of aryl methyl sites for hydroxylation is 1. The molecular weight excluding hydrogens is 280 g/mol. The Bertz CT molecular complexity index is 815. The molecule has 2 aromatic rings. The number of hydrogen-bond acceptors (Lipinski definition) is 3. The van der Waals surface area contributed by atoms with E-state index in [0.717, 1.165) is 22.0 Å². The predicted molar refractivity (Wildman–Crippen MR) is 85.1 cm³/mol. The van der Waals surface area contributed by atoms with E-state index in [9.17, 15) is 9.59 Å². The van der Waals surface area contributed by atoms with Crippen LogP contribution in [0.15, 0.2) is 29.1 Å². The van der Waals surface area contributed by atoms with E-state index < -0.39 is 11.7 Å². The van der Waals surface area contributed by atoms with Gasteiger partial charge >= 0.3 is 6.09 Å². The zero-order chi connectivity index (χ0) is 16.1. The molecule has 2 heterocycles. The lowest BCUT2D eigenvalue weighted by atomic mass is 10.0. The van der Waals surface area contributed by atoms with E-state index in [1.807, 2.05) is 45.9 Å². The summed E-state index contributed by atoms with van der Waals surface area (Å²) < 4.78 is 7.05. The van der Waals surface area contributed by atoms with Gasteiger partial charge in [0, 0.05) is 11.6 Å². The molecule has 1 aromatic carbocycles. The molecule has 0 radical (unpaired) electrons. The summed E-state index contributed by atoms with van der Waals surface area (Å²) in [5.41, 5.74) is 2.38. The van der Waals surface area contributed by atoms with Gasteiger partial charge in [-0.15, -0.1) is 0 Å². The summed E-state index contributed by atoms with van der Waals surface area (Å²) in [5.74, 6) is 0. The Morgan fingerprint density at radius 2 is 1.95 bits per heavy atom. The van der Waals surface area contributed by atoms with Crippen molar-refractivity contribution < 1.29 is 9.53 Å². The minimum Gasteiger partial charge on any atom is -0.444 e. The smallest absolute Gasteiger partial charge is 0.408 e. The number of hydrogen-bond donors (Lipinski definition) is 1. The highest BCUT2D eigenvalue weighted by Crippen LogP contribution is 2.33. The Morgan fingerprint density at radius 1 is 1.27 bits per heavy atom. The normalized spacial score (nSPS) is 16.8. The van der Waals surface area contributed by atoms with Crippen LogP contribution in [0.25, 0.3) is 10.9 Å². The van der Waals surface area contributed by atoms with Gasteiger partial charge in [-0.3, -0.25) is 4.79 Å². The van der Waals surface area contributed by atoms with Crippen LogP contribution in [0.5, 0.6) is 0 Å². The molecule has 1 amide bonds. The van der Waals surface area contributed by atoms with Gasteiger partial charge in [-0.2, -0.15) is 0 Å². The minimum atomic E-state index is -0.548. The molecule has 0 saturated heterocycles. The molecule has 1 N–H and O–H groups in total. The molecule has 1 atom stereocenters. The van der Waals surface area contributed by atoms with Crippen molar-refractivity contribution >= 4 is 17.0 Å². The first-order valence-electron chi connectivity index (χ1n) is 7.39. The second kappa shape index (κ2) is 4.87. The fourth-order valence-corrected chi connectivity index (χ4v) is 2.99. The third-order valence-electron chi connectivity index (χ3n) is 3.81. The Kier molecular flexibility index (Phi) is 3.24. The van der Waals surface area contributed by atoms with Gasteiger partial charge in [0.2, 0.25) is 0 Å². The maximum absolute atomic E-state index is 12.1. The number of nitrogens with zero attached hydrogens (tertiary/aromatic N) is 1. The average Bonchev–Trinajstić information content (AvgIpc) is 2.76. The minimum absolute atomic E-state index is 0.0483. The van der Waals surface area contributed by atoms with Crippen LogP contribution in [0.1, 0.15) is 37.9 Å². The van der Waals surface area contributed by atoms with Gasteiger partial charge in [-0.05, 0) is 44.7 Å². The molecule has 5 nitrogen and oxygen atoms in total. The van der Waals surface area contributed by atoms with Crippen molar-refractivity contribution in [1.82, 2.24) is 9.88 Å². The molecule has 116 valence electrons. The number of carbonyl (C=O) groups is 1. The molecule has 0 spiro atoms. The molecule has 0 fully saturated rings. The van der Waals surface area contributed by atoms with Gasteiger partial charge in [-0.1, -0.05) is 12.1 Å². The van der Waals surface area contributed by atoms with Crippen LogP contribution < -0.4 is 10.9 Å². The second-order valence-corrected chi connectivity index (χ2v) is 6.71. The van der Waals surface area contributed by atoms with Crippen molar-refractivity contribution in [2.45, 2.75) is 45.9 Å². The summed E-state index contributed by atoms with van der Waals surface area (Å²) in [5, 5.41) is 3.90. The average molecular weight is 300 g/mol. The first-order valence-corrected chi connectivity index (χ1v) is 7.39. The summed E-state index contributed by atoms with van der Waals surface area (Å²) in [6, 6.07) is 7.17. The van der Waals surface area contributed by atoms with Crippen molar-refractivity contribution in [3.05, 3.63) is 45.7 Å². The molecular formula is C17H20N2O3. The highest BCUT2D eigenvalue weighted by Gasteiger charge is 2.29. The quantitative estimate of drug-likeness (QED) is 0.881. The molecule has 5 heteroatoms. The van der Waals surface area contributed by atoms with Gasteiger partial charge in [0.15, 0.2) is 0 Å². The van der Waals surface area contributed by atoms with Crippen LogP contribution >= 0.6 is 0 Å². The SMILES string of the molecule is Cc1ccc2ccc(=O)n3c2c1C(NC(=O)OC(C)(C)C)C3. The molecule has 1 aromatic heterocycles. The summed E-state index contributed by atoms with van der Waals surface area (Å²) in [7, 11) is 0. The van der Waals surface area contributed by atoms with E-state index in [1.165, 1.54) is 0 Å². The Balaban J connectivity index is 2.00. The van der Waals surface area contributed by atoms with Gasteiger partial charge in [0.05, 0.1) is 18.1 Å². The summed E-state index contributed by atoms with van der Waals surface area (Å²) in [6.07, 6.45) is -0.463. The van der Waals surface area contributed by atoms with Crippen LogP contribution in [-0.4, -0.2) is 16.3 Å². The Morgan fingerprint density at radius 3 is 2.64 bits per heavy atom. The lowest BCUT2D eigenvalue weighted by Crippen LogP contribution is -2.35. The molecule has 1 aliphatic rings. The van der Waals surface area contributed by atoms with E-state index in [0.29, 0.717) is 6.54 Å². The van der Waals surface area contributed by atoms with Crippen molar-refractivity contribution in [2.75, 3.05) is 0 Å². The Hall–Kier alpha value is -2.30. The predicted octanol–water partition coefficient (Wildman–Crippen LogP) is 2.89. The summed E-state index contributed by atoms with van der Waals surface area (Å²) in [4.78, 5) is 24.1.